The van der Waals surface area contributed by atoms with Crippen LogP contribution in [0.1, 0.15) is 28.1 Å². The van der Waals surface area contributed by atoms with Gasteiger partial charge in [-0.25, -0.2) is 5.48 Å². The number of hydroxylamine groups is 1. The van der Waals surface area contributed by atoms with Crippen LogP contribution in [0.3, 0.4) is 0 Å². The molecule has 1 aromatic carbocycles. The van der Waals surface area contributed by atoms with Gasteiger partial charge in [-0.3, -0.25) is 9.63 Å². The zero-order valence-electron chi connectivity index (χ0n) is 11.5. The van der Waals surface area contributed by atoms with E-state index in [4.69, 9.17) is 9.25 Å². The fourth-order valence-corrected chi connectivity index (χ4v) is 1.76. The minimum absolute atomic E-state index is 0.0963. The Morgan fingerprint density at radius 2 is 1.91 bits per heavy atom. The summed E-state index contributed by atoms with van der Waals surface area (Å²) in [6.07, 6.45) is -1.54. The Hall–Kier alpha value is -2.28. The molecule has 0 saturated carbocycles. The maximum atomic E-state index is 12.4. The highest BCUT2D eigenvalue weighted by Gasteiger charge is 2.30. The first-order chi connectivity index (χ1) is 10.5. The van der Waals surface area contributed by atoms with E-state index in [0.717, 1.165) is 30.0 Å². The summed E-state index contributed by atoms with van der Waals surface area (Å²) in [6.45, 7) is 0.271. The monoisotopic (exact) mass is 313 g/mol. The first-order valence-electron chi connectivity index (χ1n) is 6.58. The van der Waals surface area contributed by atoms with Crippen molar-refractivity contribution >= 4 is 5.91 Å². The molecule has 0 atom stereocenters. The van der Waals surface area contributed by atoms with Crippen LogP contribution in [0.2, 0.25) is 0 Å². The number of aryl methyl sites for hydroxylation is 1. The van der Waals surface area contributed by atoms with Crippen LogP contribution in [-0.4, -0.2) is 12.5 Å². The summed E-state index contributed by atoms with van der Waals surface area (Å²) >= 11 is 0. The molecule has 0 bridgehead atoms. The van der Waals surface area contributed by atoms with Gasteiger partial charge in [0.15, 0.2) is 0 Å². The number of benzene rings is 1. The van der Waals surface area contributed by atoms with Gasteiger partial charge >= 0.3 is 6.18 Å². The highest BCUT2D eigenvalue weighted by Crippen LogP contribution is 2.29. The van der Waals surface area contributed by atoms with Crippen molar-refractivity contribution in [3.63, 3.8) is 0 Å². The van der Waals surface area contributed by atoms with Gasteiger partial charge in [-0.15, -0.1) is 0 Å². The van der Waals surface area contributed by atoms with Crippen LogP contribution in [0, 0.1) is 0 Å². The third-order valence-corrected chi connectivity index (χ3v) is 2.89. The lowest BCUT2D eigenvalue weighted by Gasteiger charge is -2.08. The number of halogens is 3. The summed E-state index contributed by atoms with van der Waals surface area (Å²) < 4.78 is 42.3. The number of rotatable bonds is 6. The third-order valence-electron chi connectivity index (χ3n) is 2.89. The van der Waals surface area contributed by atoms with E-state index in [9.17, 15) is 18.0 Å². The van der Waals surface area contributed by atoms with Crippen molar-refractivity contribution in [3.05, 3.63) is 59.5 Å². The fourth-order valence-electron chi connectivity index (χ4n) is 1.76. The molecular weight excluding hydrogens is 299 g/mol. The number of hydrogen-bond acceptors (Lipinski definition) is 3. The second-order valence-corrected chi connectivity index (χ2v) is 4.54. The molecule has 4 nitrogen and oxygen atoms in total. The van der Waals surface area contributed by atoms with E-state index in [-0.39, 0.29) is 12.2 Å². The molecule has 0 fully saturated rings. The molecule has 0 saturated heterocycles. The third kappa shape index (κ3) is 4.63. The molecule has 1 N–H and O–H groups in total. The van der Waals surface area contributed by atoms with Crippen LogP contribution in [0.5, 0.6) is 0 Å². The average Bonchev–Trinajstić information content (AvgIpc) is 2.99. The van der Waals surface area contributed by atoms with Gasteiger partial charge in [0.2, 0.25) is 0 Å². The molecule has 1 heterocycles. The first kappa shape index (κ1) is 16.1. The van der Waals surface area contributed by atoms with Crippen LogP contribution in [0.15, 0.2) is 47.1 Å². The number of nitrogens with one attached hydrogen (secondary N) is 1. The van der Waals surface area contributed by atoms with E-state index in [1.54, 1.807) is 12.3 Å². The maximum Gasteiger partial charge on any atom is 0.416 e. The summed E-state index contributed by atoms with van der Waals surface area (Å²) in [6, 6.07) is 7.52. The highest BCUT2D eigenvalue weighted by atomic mass is 19.4. The van der Waals surface area contributed by atoms with Crippen LogP contribution >= 0.6 is 0 Å². The Morgan fingerprint density at radius 1 is 1.18 bits per heavy atom. The standard InChI is InChI=1S/C15H14F3NO3/c16-15(17,18)12-7-5-11(6-8-12)14(20)19-22-10-2-4-13-3-1-9-21-13/h1,3,5-9H,2,4,10H2,(H,19,20). The molecule has 2 aromatic rings. The van der Waals surface area contributed by atoms with E-state index < -0.39 is 17.6 Å². The second kappa shape index (κ2) is 7.13. The van der Waals surface area contributed by atoms with Gasteiger partial charge in [0.1, 0.15) is 5.76 Å². The molecular formula is C15H14F3NO3. The largest absolute Gasteiger partial charge is 0.469 e. The Kier molecular flexibility index (Phi) is 5.21. The highest BCUT2D eigenvalue weighted by molar-refractivity contribution is 5.93. The van der Waals surface area contributed by atoms with E-state index in [1.165, 1.54) is 0 Å². The maximum absolute atomic E-state index is 12.4. The molecule has 0 spiro atoms. The minimum Gasteiger partial charge on any atom is -0.469 e. The smallest absolute Gasteiger partial charge is 0.416 e. The van der Waals surface area contributed by atoms with E-state index in [0.29, 0.717) is 12.8 Å². The number of carbonyl (C=O) groups is 1. The fraction of sp³-hybridized carbons (Fsp3) is 0.267. The number of alkyl halides is 3. The van der Waals surface area contributed by atoms with Crippen molar-refractivity contribution in [2.45, 2.75) is 19.0 Å². The van der Waals surface area contributed by atoms with Gasteiger partial charge in [0, 0.05) is 12.0 Å². The normalized spacial score (nSPS) is 11.4. The summed E-state index contributed by atoms with van der Waals surface area (Å²) in [7, 11) is 0. The topological polar surface area (TPSA) is 51.5 Å². The lowest BCUT2D eigenvalue weighted by molar-refractivity contribution is -0.137. The van der Waals surface area contributed by atoms with Crippen molar-refractivity contribution < 1.29 is 27.2 Å². The molecule has 0 aliphatic rings. The SMILES string of the molecule is O=C(NOCCCc1ccco1)c1ccc(C(F)(F)F)cc1. The molecule has 7 heteroatoms. The summed E-state index contributed by atoms with van der Waals surface area (Å²) in [5.74, 6) is 0.226. The van der Waals surface area contributed by atoms with Crippen molar-refractivity contribution in [1.29, 1.82) is 0 Å². The predicted molar refractivity (Wildman–Crippen MR) is 71.9 cm³/mol. The van der Waals surface area contributed by atoms with Gasteiger partial charge in [0.25, 0.3) is 5.91 Å². The lowest BCUT2D eigenvalue weighted by Crippen LogP contribution is -2.24. The molecule has 1 aromatic heterocycles. The van der Waals surface area contributed by atoms with Crippen LogP contribution in [-0.2, 0) is 17.4 Å². The average molecular weight is 313 g/mol. The Morgan fingerprint density at radius 3 is 2.50 bits per heavy atom. The van der Waals surface area contributed by atoms with E-state index >= 15 is 0 Å². The minimum atomic E-state index is -4.42. The van der Waals surface area contributed by atoms with Crippen molar-refractivity contribution in [2.75, 3.05) is 6.61 Å². The molecule has 0 radical (unpaired) electrons. The number of hydrogen-bond donors (Lipinski definition) is 1. The molecule has 118 valence electrons. The van der Waals surface area contributed by atoms with Gasteiger partial charge in [-0.05, 0) is 42.8 Å². The Labute approximate surface area is 124 Å². The van der Waals surface area contributed by atoms with Gasteiger partial charge in [-0.1, -0.05) is 0 Å². The Balaban J connectivity index is 1.73. The molecule has 1 amide bonds. The van der Waals surface area contributed by atoms with E-state index in [2.05, 4.69) is 5.48 Å². The van der Waals surface area contributed by atoms with E-state index in [1.807, 2.05) is 6.07 Å². The second-order valence-electron chi connectivity index (χ2n) is 4.54. The summed E-state index contributed by atoms with van der Waals surface area (Å²) in [5, 5.41) is 0. The van der Waals surface area contributed by atoms with Crippen LogP contribution in [0.4, 0.5) is 13.2 Å². The summed E-state index contributed by atoms with van der Waals surface area (Å²) in [5.41, 5.74) is 1.48. The van der Waals surface area contributed by atoms with Crippen LogP contribution in [0.25, 0.3) is 0 Å². The molecule has 0 aliphatic heterocycles. The quantitative estimate of drug-likeness (QED) is 0.655. The Bertz CT molecular complexity index is 591. The predicted octanol–water partition coefficient (Wildman–Crippen LogP) is 3.59. The van der Waals surface area contributed by atoms with Gasteiger partial charge in [-0.2, -0.15) is 13.2 Å². The van der Waals surface area contributed by atoms with Gasteiger partial charge < -0.3 is 4.42 Å². The molecule has 2 rings (SSSR count). The zero-order valence-corrected chi connectivity index (χ0v) is 11.5. The summed E-state index contributed by atoms with van der Waals surface area (Å²) in [4.78, 5) is 16.6. The molecule has 22 heavy (non-hydrogen) atoms. The van der Waals surface area contributed by atoms with Crippen molar-refractivity contribution in [2.24, 2.45) is 0 Å². The van der Waals surface area contributed by atoms with Gasteiger partial charge in [0.05, 0.1) is 18.4 Å². The number of furan rings is 1. The zero-order chi connectivity index (χ0) is 16.0. The lowest BCUT2D eigenvalue weighted by atomic mass is 10.1. The molecule has 0 unspecified atom stereocenters. The number of amides is 1. The van der Waals surface area contributed by atoms with Crippen molar-refractivity contribution in [3.8, 4) is 0 Å². The van der Waals surface area contributed by atoms with Crippen LogP contribution < -0.4 is 5.48 Å². The number of carbonyl (C=O) groups excluding carboxylic acids is 1. The van der Waals surface area contributed by atoms with Crippen molar-refractivity contribution in [1.82, 2.24) is 5.48 Å². The molecule has 0 aliphatic carbocycles. The first-order valence-corrected chi connectivity index (χ1v) is 6.58.